The van der Waals surface area contributed by atoms with Gasteiger partial charge in [0.25, 0.3) is 5.91 Å². The number of carbonyl (C=O) groups excluding carboxylic acids is 4. The first-order valence-corrected chi connectivity index (χ1v) is 20.4. The standard InChI is InChI=1S/C42H47F3N8O5S/c1-4-25-18-30(53-40(59)52(39(57)41(53,2)3)31-20-32(42(43,44)45)34(21-46)47-22-31)10-12-35(25)58-15-14-24-16-28-8-9-29(17-24)51(28)23-37(55)49-27-7-5-6-26(19-27)48-33-11-13-36(54)50-38(33)56/h5-7,10,12,18-20,22,24,28-29,33,40,48,59H,4,8-9,11,13-17,23H2,1-3H3,(H,49,55)(H,50,54,56). The van der Waals surface area contributed by atoms with E-state index in [0.29, 0.717) is 66.8 Å². The van der Waals surface area contributed by atoms with Gasteiger partial charge in [0.1, 0.15) is 23.4 Å². The second-order valence-electron chi connectivity index (χ2n) is 16.1. The average molecular weight is 833 g/mol. The second-order valence-corrected chi connectivity index (χ2v) is 16.6. The molecular weight excluding hydrogens is 786 g/mol. The van der Waals surface area contributed by atoms with Crippen molar-refractivity contribution >= 4 is 59.0 Å². The number of nitriles is 1. The lowest BCUT2D eigenvalue weighted by atomic mass is 9.88. The minimum absolute atomic E-state index is 0.0992. The number of thiol groups is 1. The van der Waals surface area contributed by atoms with E-state index < -0.39 is 40.4 Å². The molecule has 17 heteroatoms. The first kappa shape index (κ1) is 41.8. The van der Waals surface area contributed by atoms with Gasteiger partial charge < -0.3 is 20.3 Å². The van der Waals surface area contributed by atoms with Gasteiger partial charge in [0.15, 0.2) is 11.2 Å². The van der Waals surface area contributed by atoms with E-state index in [1.807, 2.05) is 31.2 Å². The number of piperidine rings is 2. The third kappa shape index (κ3) is 8.70. The van der Waals surface area contributed by atoms with Crippen LogP contribution in [0.25, 0.3) is 0 Å². The zero-order valence-corrected chi connectivity index (χ0v) is 33.9. The van der Waals surface area contributed by atoms with Crippen molar-refractivity contribution in [3.05, 3.63) is 71.5 Å². The fourth-order valence-electron chi connectivity index (χ4n) is 8.94. The van der Waals surface area contributed by atoms with Crippen LogP contribution in [0.5, 0.6) is 5.75 Å². The number of fused-ring (bicyclic) bond motifs is 2. The number of anilines is 4. The fourth-order valence-corrected chi connectivity index (χ4v) is 9.60. The highest BCUT2D eigenvalue weighted by atomic mass is 32.1. The van der Waals surface area contributed by atoms with E-state index in [2.05, 4.69) is 25.8 Å². The van der Waals surface area contributed by atoms with Gasteiger partial charge in [-0.15, -0.1) is 12.6 Å². The number of ether oxygens (including phenoxy) is 1. The third-order valence-electron chi connectivity index (χ3n) is 11.9. The van der Waals surface area contributed by atoms with E-state index in [4.69, 9.17) is 17.4 Å². The molecule has 4 atom stereocenters. The van der Waals surface area contributed by atoms with Crippen LogP contribution in [0.2, 0.25) is 0 Å². The summed E-state index contributed by atoms with van der Waals surface area (Å²) in [5.74, 6) is -0.0520. The van der Waals surface area contributed by atoms with Crippen molar-refractivity contribution in [2.24, 2.45) is 5.92 Å². The molecule has 4 saturated heterocycles. The summed E-state index contributed by atoms with van der Waals surface area (Å²) in [5.41, 5.74) is -1.39. The van der Waals surface area contributed by atoms with Gasteiger partial charge in [-0.1, -0.05) is 13.0 Å². The smallest absolute Gasteiger partial charge is 0.419 e. The van der Waals surface area contributed by atoms with Crippen molar-refractivity contribution in [3.8, 4) is 11.8 Å². The quantitative estimate of drug-likeness (QED) is 0.122. The number of aryl methyl sites for hydroxylation is 1. The largest absolute Gasteiger partial charge is 0.493 e. The van der Waals surface area contributed by atoms with Crippen LogP contribution in [0.15, 0.2) is 54.7 Å². The van der Waals surface area contributed by atoms with Crippen LogP contribution >= 0.6 is 12.6 Å². The predicted octanol–water partition coefficient (Wildman–Crippen LogP) is 6.25. The number of nitrogens with zero attached hydrogens (tertiary/aromatic N) is 5. The summed E-state index contributed by atoms with van der Waals surface area (Å²) >= 11 is 4.71. The number of pyridine rings is 1. The van der Waals surface area contributed by atoms with E-state index in [1.54, 1.807) is 36.9 Å². The highest BCUT2D eigenvalue weighted by molar-refractivity contribution is 7.81. The first-order valence-electron chi connectivity index (χ1n) is 19.9. The van der Waals surface area contributed by atoms with Gasteiger partial charge in [0.2, 0.25) is 17.7 Å². The molecule has 4 unspecified atom stereocenters. The van der Waals surface area contributed by atoms with Crippen LogP contribution in [0.1, 0.15) is 82.5 Å². The summed E-state index contributed by atoms with van der Waals surface area (Å²) < 4.78 is 47.7. The maximum absolute atomic E-state index is 13.8. The average Bonchev–Trinajstić information content (AvgIpc) is 3.51. The fraction of sp³-hybridized carbons (Fsp3) is 0.476. The molecule has 4 aliphatic heterocycles. The molecule has 312 valence electrons. The molecular formula is C42H47F3N8O5S. The Bertz CT molecular complexity index is 2170. The second kappa shape index (κ2) is 16.7. The molecule has 1 aromatic heterocycles. The first-order chi connectivity index (χ1) is 28.1. The number of rotatable bonds is 12. The number of halogens is 3. The maximum Gasteiger partial charge on any atom is 0.419 e. The van der Waals surface area contributed by atoms with E-state index in [1.165, 1.54) is 6.07 Å². The molecule has 3 N–H and O–H groups in total. The number of imide groups is 1. The molecule has 59 heavy (non-hydrogen) atoms. The van der Waals surface area contributed by atoms with Crippen LogP contribution < -0.4 is 30.5 Å². The Balaban J connectivity index is 0.930. The molecule has 0 radical (unpaired) electrons. The molecule has 0 saturated carbocycles. The van der Waals surface area contributed by atoms with Crippen LogP contribution in [0, 0.1) is 17.2 Å². The highest BCUT2D eigenvalue weighted by Crippen LogP contribution is 2.44. The van der Waals surface area contributed by atoms with Gasteiger partial charge in [-0.2, -0.15) is 18.4 Å². The summed E-state index contributed by atoms with van der Waals surface area (Å²) in [6, 6.07) is 15.1. The lowest BCUT2D eigenvalue weighted by Gasteiger charge is -2.38. The summed E-state index contributed by atoms with van der Waals surface area (Å²) in [6.07, 6.45) is 2.41. The van der Waals surface area contributed by atoms with Crippen LogP contribution in [-0.2, 0) is 31.8 Å². The predicted molar refractivity (Wildman–Crippen MR) is 218 cm³/mol. The normalized spacial score (nSPS) is 24.2. The van der Waals surface area contributed by atoms with Crippen LogP contribution in [0.4, 0.5) is 35.9 Å². The molecule has 0 spiro atoms. The minimum Gasteiger partial charge on any atom is -0.493 e. The van der Waals surface area contributed by atoms with Crippen LogP contribution in [0.3, 0.4) is 0 Å². The van der Waals surface area contributed by atoms with Gasteiger partial charge in [0.05, 0.1) is 30.6 Å². The SMILES string of the molecule is CCc1cc(N2C(S)N(c3cnc(C#N)c(C(F)(F)F)c3)C(=O)C2(C)C)ccc1OCCC1CC2CCC(C1)N2CC(=O)Nc1cccc(NC2CCC(=O)NC2=O)c1. The summed E-state index contributed by atoms with van der Waals surface area (Å²) in [6.45, 7) is 6.16. The Morgan fingerprint density at radius 2 is 1.78 bits per heavy atom. The highest BCUT2D eigenvalue weighted by Gasteiger charge is 2.52. The number of hydrogen-bond donors (Lipinski definition) is 4. The van der Waals surface area contributed by atoms with E-state index in [9.17, 15) is 37.6 Å². The Morgan fingerprint density at radius 3 is 2.46 bits per heavy atom. The monoisotopic (exact) mass is 832 g/mol. The number of carbonyl (C=O) groups is 4. The Morgan fingerprint density at radius 1 is 1.05 bits per heavy atom. The van der Waals surface area contributed by atoms with Crippen molar-refractivity contribution < 1.29 is 37.1 Å². The zero-order valence-electron chi connectivity index (χ0n) is 33.0. The third-order valence-corrected chi connectivity index (χ3v) is 12.4. The number of amides is 4. The summed E-state index contributed by atoms with van der Waals surface area (Å²) in [4.78, 5) is 59.6. The number of benzene rings is 2. The van der Waals surface area contributed by atoms with Gasteiger partial charge in [0, 0.05) is 35.6 Å². The number of aromatic nitrogens is 1. The summed E-state index contributed by atoms with van der Waals surface area (Å²) in [7, 11) is 0. The molecule has 0 aliphatic carbocycles. The molecule has 2 aromatic carbocycles. The number of alkyl halides is 3. The molecule has 4 aliphatic rings. The molecule has 4 amide bonds. The molecule has 5 heterocycles. The van der Waals surface area contributed by atoms with Crippen molar-refractivity contribution in [3.63, 3.8) is 0 Å². The molecule has 4 fully saturated rings. The number of nitrogens with one attached hydrogen (secondary N) is 3. The van der Waals surface area contributed by atoms with E-state index in [-0.39, 0.29) is 29.8 Å². The lowest BCUT2D eigenvalue weighted by molar-refractivity contribution is -0.138. The zero-order chi connectivity index (χ0) is 42.2. The molecule has 3 aromatic rings. The molecule has 7 rings (SSSR count). The Kier molecular flexibility index (Phi) is 11.9. The molecule has 13 nitrogen and oxygen atoms in total. The van der Waals surface area contributed by atoms with E-state index >= 15 is 0 Å². The molecule has 2 bridgehead atoms. The van der Waals surface area contributed by atoms with Gasteiger partial charge in [-0.05, 0) is 113 Å². The van der Waals surface area contributed by atoms with Crippen molar-refractivity contribution in [1.82, 2.24) is 15.2 Å². The van der Waals surface area contributed by atoms with E-state index in [0.717, 1.165) is 54.8 Å². The lowest BCUT2D eigenvalue weighted by Crippen LogP contribution is -2.47. The van der Waals surface area contributed by atoms with Gasteiger partial charge in [-0.25, -0.2) is 4.98 Å². The van der Waals surface area contributed by atoms with Crippen LogP contribution in [-0.4, -0.2) is 75.8 Å². The van der Waals surface area contributed by atoms with Crippen molar-refractivity contribution in [1.29, 1.82) is 5.26 Å². The Hall–Kier alpha value is -5.34. The Labute approximate surface area is 346 Å². The number of hydrogen-bond acceptors (Lipinski definition) is 11. The minimum atomic E-state index is -4.84. The topological polar surface area (TPSA) is 160 Å². The van der Waals surface area contributed by atoms with Crippen molar-refractivity contribution in [2.45, 2.75) is 107 Å². The summed E-state index contributed by atoms with van der Waals surface area (Å²) in [5, 5.41) is 17.7. The maximum atomic E-state index is 13.8. The van der Waals surface area contributed by atoms with Crippen molar-refractivity contribution in [2.75, 3.05) is 33.6 Å². The van der Waals surface area contributed by atoms with Gasteiger partial charge in [-0.3, -0.25) is 34.3 Å². The van der Waals surface area contributed by atoms with Gasteiger partial charge >= 0.3 is 6.18 Å².